The van der Waals surface area contributed by atoms with Crippen molar-refractivity contribution in [3.8, 4) is 0 Å². The third-order valence-corrected chi connectivity index (χ3v) is 2.90. The van der Waals surface area contributed by atoms with Gasteiger partial charge in [-0.2, -0.15) is 8.78 Å². The fourth-order valence-electron chi connectivity index (χ4n) is 1.17. The van der Waals surface area contributed by atoms with Gasteiger partial charge in [0.2, 0.25) is 0 Å². The third kappa shape index (κ3) is 3.80. The van der Waals surface area contributed by atoms with Crippen LogP contribution < -0.4 is 11.1 Å². The van der Waals surface area contributed by atoms with Crippen LogP contribution in [-0.2, 0) is 0 Å². The number of benzene rings is 1. The summed E-state index contributed by atoms with van der Waals surface area (Å²) < 4.78 is 49.6. The monoisotopic (exact) mass is 282 g/mol. The van der Waals surface area contributed by atoms with Crippen molar-refractivity contribution in [2.24, 2.45) is 5.73 Å². The van der Waals surface area contributed by atoms with Crippen LogP contribution in [0.3, 0.4) is 0 Å². The molecule has 0 aromatic heterocycles. The van der Waals surface area contributed by atoms with Gasteiger partial charge in [0.1, 0.15) is 0 Å². The lowest BCUT2D eigenvalue weighted by Crippen LogP contribution is -2.21. The second-order valence-electron chi connectivity index (χ2n) is 3.43. The maximum Gasteiger partial charge on any atom is 0.357 e. The Labute approximate surface area is 105 Å². The van der Waals surface area contributed by atoms with E-state index in [4.69, 9.17) is 5.73 Å². The molecule has 0 radical (unpaired) electrons. The Kier molecular flexibility index (Phi) is 4.44. The van der Waals surface area contributed by atoms with Gasteiger partial charge in [0.05, 0.1) is 0 Å². The van der Waals surface area contributed by atoms with E-state index in [-0.39, 0.29) is 16.7 Å². The van der Waals surface area contributed by atoms with Gasteiger partial charge in [-0.25, -0.2) is 13.6 Å². The molecule has 1 aromatic rings. The Morgan fingerprint density at radius 3 is 2.50 bits per heavy atom. The van der Waals surface area contributed by atoms with Crippen molar-refractivity contribution >= 4 is 23.5 Å². The van der Waals surface area contributed by atoms with Crippen LogP contribution in [0.4, 0.5) is 28.0 Å². The highest BCUT2D eigenvalue weighted by molar-refractivity contribution is 8.00. The van der Waals surface area contributed by atoms with Crippen LogP contribution in [0, 0.1) is 6.92 Å². The molecule has 3 nitrogen and oxygen atoms in total. The molecule has 0 heterocycles. The van der Waals surface area contributed by atoms with Crippen molar-refractivity contribution in [3.63, 3.8) is 0 Å². The van der Waals surface area contributed by atoms with Crippen molar-refractivity contribution in [2.45, 2.75) is 23.5 Å². The first kappa shape index (κ1) is 14.6. The molecule has 0 aliphatic carbocycles. The summed E-state index contributed by atoms with van der Waals surface area (Å²) in [5.41, 5.74) is 5.69. The molecule has 8 heteroatoms. The van der Waals surface area contributed by atoms with E-state index in [0.717, 1.165) is 0 Å². The number of anilines is 1. The van der Waals surface area contributed by atoms with Crippen molar-refractivity contribution in [1.29, 1.82) is 0 Å². The molecule has 100 valence electrons. The number of carbonyl (C=O) groups excluding carboxylic acids is 1. The number of urea groups is 1. The molecule has 0 atom stereocenters. The van der Waals surface area contributed by atoms with Crippen molar-refractivity contribution < 1.29 is 22.4 Å². The predicted molar refractivity (Wildman–Crippen MR) is 61.2 cm³/mol. The molecule has 0 saturated carbocycles. The number of alkyl halides is 4. The first-order chi connectivity index (χ1) is 8.22. The van der Waals surface area contributed by atoms with Crippen LogP contribution in [-0.4, -0.2) is 17.7 Å². The second-order valence-corrected chi connectivity index (χ2v) is 4.65. The van der Waals surface area contributed by atoms with E-state index in [1.165, 1.54) is 25.1 Å². The average Bonchev–Trinajstić information content (AvgIpc) is 2.21. The van der Waals surface area contributed by atoms with Gasteiger partial charge in [-0.15, -0.1) is 0 Å². The average molecular weight is 282 g/mol. The maximum atomic E-state index is 12.8. The van der Waals surface area contributed by atoms with Gasteiger partial charge in [0, 0.05) is 10.6 Å². The molecule has 0 spiro atoms. The minimum absolute atomic E-state index is 0.0205. The van der Waals surface area contributed by atoms with E-state index < -0.39 is 17.7 Å². The van der Waals surface area contributed by atoms with E-state index >= 15 is 0 Å². The first-order valence-electron chi connectivity index (χ1n) is 4.74. The summed E-state index contributed by atoms with van der Waals surface area (Å²) in [6, 6.07) is 3.01. The number of amides is 2. The highest BCUT2D eigenvalue weighted by atomic mass is 32.2. The molecule has 0 bridgehead atoms. The standard InChI is InChI=1S/C10H10F4N2OS/c1-5-4-6(18-10(13,14)8(11)12)2-3-7(5)16-9(15)17/h2-4,8H,1H3,(H3,15,16,17). The lowest BCUT2D eigenvalue weighted by molar-refractivity contribution is -0.0563. The normalized spacial score (nSPS) is 11.7. The highest BCUT2D eigenvalue weighted by Crippen LogP contribution is 2.41. The fourth-order valence-corrected chi connectivity index (χ4v) is 1.95. The van der Waals surface area contributed by atoms with Crippen LogP contribution in [0.5, 0.6) is 0 Å². The van der Waals surface area contributed by atoms with Crippen LogP contribution in [0.1, 0.15) is 5.56 Å². The zero-order chi connectivity index (χ0) is 13.9. The van der Waals surface area contributed by atoms with Crippen LogP contribution in [0.25, 0.3) is 0 Å². The number of nitrogens with one attached hydrogen (secondary N) is 1. The summed E-state index contributed by atoms with van der Waals surface area (Å²) in [7, 11) is 0. The molecule has 0 saturated heterocycles. The van der Waals surface area contributed by atoms with Gasteiger partial charge >= 0.3 is 17.7 Å². The number of halogens is 4. The number of primary amides is 1. The summed E-state index contributed by atoms with van der Waals surface area (Å²) >= 11 is -0.232. The summed E-state index contributed by atoms with van der Waals surface area (Å²) in [5.74, 6) is 0. The summed E-state index contributed by atoms with van der Waals surface area (Å²) in [4.78, 5) is 10.6. The minimum Gasteiger partial charge on any atom is -0.351 e. The van der Waals surface area contributed by atoms with E-state index in [1.54, 1.807) is 0 Å². The smallest absolute Gasteiger partial charge is 0.351 e. The first-order valence-corrected chi connectivity index (χ1v) is 5.56. The number of thioether (sulfide) groups is 1. The molecule has 1 aromatic carbocycles. The SMILES string of the molecule is Cc1cc(SC(F)(F)C(F)F)ccc1NC(N)=O. The number of hydrogen-bond donors (Lipinski definition) is 2. The Balaban J connectivity index is 2.88. The van der Waals surface area contributed by atoms with Gasteiger partial charge in [0.15, 0.2) is 0 Å². The third-order valence-electron chi connectivity index (χ3n) is 1.96. The van der Waals surface area contributed by atoms with Gasteiger partial charge in [-0.3, -0.25) is 0 Å². The van der Waals surface area contributed by atoms with Crippen molar-refractivity contribution in [3.05, 3.63) is 23.8 Å². The lowest BCUT2D eigenvalue weighted by atomic mass is 10.2. The molecular weight excluding hydrogens is 272 g/mol. The zero-order valence-corrected chi connectivity index (χ0v) is 10.0. The van der Waals surface area contributed by atoms with Gasteiger partial charge in [-0.1, -0.05) is 0 Å². The number of aryl methyl sites for hydroxylation is 1. The molecule has 0 aliphatic rings. The van der Waals surface area contributed by atoms with Crippen LogP contribution in [0.15, 0.2) is 23.1 Å². The highest BCUT2D eigenvalue weighted by Gasteiger charge is 2.41. The zero-order valence-electron chi connectivity index (χ0n) is 9.22. The minimum atomic E-state index is -4.15. The second kappa shape index (κ2) is 5.47. The molecular formula is C10H10F4N2OS. The van der Waals surface area contributed by atoms with Gasteiger partial charge in [-0.05, 0) is 42.4 Å². The molecule has 18 heavy (non-hydrogen) atoms. The molecule has 1 rings (SSSR count). The largest absolute Gasteiger partial charge is 0.357 e. The summed E-state index contributed by atoms with van der Waals surface area (Å²) in [6.45, 7) is 1.54. The number of nitrogens with two attached hydrogens (primary N) is 1. The summed E-state index contributed by atoms with van der Waals surface area (Å²) in [5, 5.41) is -1.87. The maximum absolute atomic E-state index is 12.8. The molecule has 0 aliphatic heterocycles. The summed E-state index contributed by atoms with van der Waals surface area (Å²) in [6.07, 6.45) is -3.74. The number of rotatable bonds is 4. The Morgan fingerprint density at radius 1 is 1.44 bits per heavy atom. The van der Waals surface area contributed by atoms with Crippen molar-refractivity contribution in [2.75, 3.05) is 5.32 Å². The number of hydrogen-bond acceptors (Lipinski definition) is 2. The fraction of sp³-hybridized carbons (Fsp3) is 0.300. The topological polar surface area (TPSA) is 55.1 Å². The van der Waals surface area contributed by atoms with E-state index in [2.05, 4.69) is 5.32 Å². The Hall–Kier alpha value is -1.44. The van der Waals surface area contributed by atoms with E-state index in [9.17, 15) is 22.4 Å². The molecule has 3 N–H and O–H groups in total. The van der Waals surface area contributed by atoms with Crippen molar-refractivity contribution in [1.82, 2.24) is 0 Å². The molecule has 2 amide bonds. The quantitative estimate of drug-likeness (QED) is 0.656. The Bertz CT molecular complexity index is 454. The molecule has 0 fully saturated rings. The van der Waals surface area contributed by atoms with E-state index in [1.807, 2.05) is 0 Å². The predicted octanol–water partition coefficient (Wildman–Crippen LogP) is 3.44. The number of carbonyl (C=O) groups is 1. The molecule has 0 unspecified atom stereocenters. The van der Waals surface area contributed by atoms with Gasteiger partial charge < -0.3 is 11.1 Å². The lowest BCUT2D eigenvalue weighted by Gasteiger charge is -2.15. The van der Waals surface area contributed by atoms with Crippen LogP contribution >= 0.6 is 11.8 Å². The Morgan fingerprint density at radius 2 is 2.06 bits per heavy atom. The van der Waals surface area contributed by atoms with Crippen LogP contribution in [0.2, 0.25) is 0 Å². The van der Waals surface area contributed by atoms with Gasteiger partial charge in [0.25, 0.3) is 0 Å². The van der Waals surface area contributed by atoms with E-state index in [0.29, 0.717) is 11.3 Å².